The van der Waals surface area contributed by atoms with Crippen LogP contribution in [0.15, 0.2) is 55.1 Å². The van der Waals surface area contributed by atoms with E-state index in [0.29, 0.717) is 12.6 Å². The summed E-state index contributed by atoms with van der Waals surface area (Å²) in [6.07, 6.45) is 7.32. The maximum absolute atomic E-state index is 6.04. The number of hydrogen-bond donors (Lipinski definition) is 0. The SMILES string of the molecule is C=CCc1ccc(OCCCCn2c(C(C)N3CCCC3)nc3ccccc32)c(OC)c1. The van der Waals surface area contributed by atoms with E-state index in [9.17, 15) is 0 Å². The summed E-state index contributed by atoms with van der Waals surface area (Å²) in [5.74, 6) is 2.77. The van der Waals surface area contributed by atoms with Gasteiger partial charge in [0, 0.05) is 6.54 Å². The summed E-state index contributed by atoms with van der Waals surface area (Å²) in [6.45, 7) is 10.1. The average Bonchev–Trinajstić information content (AvgIpc) is 3.48. The van der Waals surface area contributed by atoms with Gasteiger partial charge >= 0.3 is 0 Å². The van der Waals surface area contributed by atoms with E-state index in [4.69, 9.17) is 14.5 Å². The van der Waals surface area contributed by atoms with Gasteiger partial charge in [-0.25, -0.2) is 4.98 Å². The molecule has 2 heterocycles. The lowest BCUT2D eigenvalue weighted by atomic mass is 10.1. The third kappa shape index (κ3) is 4.99. The fourth-order valence-corrected chi connectivity index (χ4v) is 4.62. The molecule has 5 nitrogen and oxygen atoms in total. The predicted octanol–water partition coefficient (Wildman–Crippen LogP) is 5.79. The van der Waals surface area contributed by atoms with Crippen molar-refractivity contribution in [3.63, 3.8) is 0 Å². The first-order valence-corrected chi connectivity index (χ1v) is 11.8. The van der Waals surface area contributed by atoms with E-state index in [2.05, 4.69) is 53.3 Å². The Morgan fingerprint density at radius 1 is 1.09 bits per heavy atom. The lowest BCUT2D eigenvalue weighted by molar-refractivity contribution is 0.246. The van der Waals surface area contributed by atoms with E-state index in [1.54, 1.807) is 7.11 Å². The number of para-hydroxylation sites is 2. The van der Waals surface area contributed by atoms with Gasteiger partial charge in [0.05, 0.1) is 30.8 Å². The largest absolute Gasteiger partial charge is 0.493 e. The number of benzene rings is 2. The van der Waals surface area contributed by atoms with Crippen LogP contribution in [0, 0.1) is 0 Å². The van der Waals surface area contributed by atoms with E-state index in [0.717, 1.165) is 42.8 Å². The van der Waals surface area contributed by atoms with Crippen molar-refractivity contribution < 1.29 is 9.47 Å². The second-order valence-corrected chi connectivity index (χ2v) is 8.56. The van der Waals surface area contributed by atoms with Crippen LogP contribution in [-0.4, -0.2) is 41.3 Å². The highest BCUT2D eigenvalue weighted by Gasteiger charge is 2.24. The molecule has 0 spiro atoms. The van der Waals surface area contributed by atoms with Crippen LogP contribution in [0.25, 0.3) is 11.0 Å². The molecule has 1 unspecified atom stereocenters. The van der Waals surface area contributed by atoms with Crippen LogP contribution in [0.5, 0.6) is 11.5 Å². The summed E-state index contributed by atoms with van der Waals surface area (Å²) in [4.78, 5) is 7.57. The Hall–Kier alpha value is -2.79. The first kappa shape index (κ1) is 22.4. The lowest BCUT2D eigenvalue weighted by Crippen LogP contribution is -2.26. The number of aryl methyl sites for hydroxylation is 1. The summed E-state index contributed by atoms with van der Waals surface area (Å²) < 4.78 is 14.0. The van der Waals surface area contributed by atoms with Gasteiger partial charge in [0.2, 0.25) is 0 Å². The molecule has 1 aromatic heterocycles. The van der Waals surface area contributed by atoms with E-state index in [1.165, 1.54) is 42.8 Å². The number of rotatable bonds is 11. The van der Waals surface area contributed by atoms with Gasteiger partial charge in [-0.2, -0.15) is 0 Å². The van der Waals surface area contributed by atoms with Gasteiger partial charge in [0.1, 0.15) is 5.82 Å². The molecule has 0 saturated carbocycles. The lowest BCUT2D eigenvalue weighted by Gasteiger charge is -2.24. The van der Waals surface area contributed by atoms with Crippen molar-refractivity contribution in [1.82, 2.24) is 14.5 Å². The maximum atomic E-state index is 6.04. The molecule has 1 aliphatic rings. The van der Waals surface area contributed by atoms with Gasteiger partial charge in [0.15, 0.2) is 11.5 Å². The summed E-state index contributed by atoms with van der Waals surface area (Å²) in [5, 5.41) is 0. The second-order valence-electron chi connectivity index (χ2n) is 8.56. The molecule has 0 bridgehead atoms. The number of allylic oxidation sites excluding steroid dienone is 1. The number of unbranched alkanes of at least 4 members (excludes halogenated alkanes) is 1. The average molecular weight is 434 g/mol. The zero-order valence-electron chi connectivity index (χ0n) is 19.4. The van der Waals surface area contributed by atoms with Crippen LogP contribution in [0.4, 0.5) is 0 Å². The maximum Gasteiger partial charge on any atom is 0.161 e. The Bertz CT molecular complexity index is 1040. The van der Waals surface area contributed by atoms with Crippen molar-refractivity contribution in [3.8, 4) is 11.5 Å². The third-order valence-electron chi connectivity index (χ3n) is 6.39. The minimum atomic E-state index is 0.347. The molecule has 32 heavy (non-hydrogen) atoms. The van der Waals surface area contributed by atoms with E-state index < -0.39 is 0 Å². The van der Waals surface area contributed by atoms with Crippen LogP contribution < -0.4 is 9.47 Å². The zero-order valence-corrected chi connectivity index (χ0v) is 19.4. The highest BCUT2D eigenvalue weighted by molar-refractivity contribution is 5.76. The number of nitrogens with zero attached hydrogens (tertiary/aromatic N) is 3. The summed E-state index contributed by atoms with van der Waals surface area (Å²) in [5.41, 5.74) is 3.50. The molecular formula is C27H35N3O2. The number of fused-ring (bicyclic) bond motifs is 1. The smallest absolute Gasteiger partial charge is 0.161 e. The number of ether oxygens (including phenoxy) is 2. The van der Waals surface area contributed by atoms with E-state index in [-0.39, 0.29) is 0 Å². The highest BCUT2D eigenvalue weighted by atomic mass is 16.5. The first-order chi connectivity index (χ1) is 15.7. The fourth-order valence-electron chi connectivity index (χ4n) is 4.62. The molecule has 1 aliphatic heterocycles. The van der Waals surface area contributed by atoms with Crippen LogP contribution in [0.3, 0.4) is 0 Å². The number of likely N-dealkylation sites (tertiary alicyclic amines) is 1. The van der Waals surface area contributed by atoms with Crippen LogP contribution in [-0.2, 0) is 13.0 Å². The molecule has 2 aromatic carbocycles. The van der Waals surface area contributed by atoms with Gasteiger partial charge in [-0.3, -0.25) is 4.90 Å². The molecule has 0 radical (unpaired) electrons. The van der Waals surface area contributed by atoms with Crippen molar-refractivity contribution in [2.24, 2.45) is 0 Å². The van der Waals surface area contributed by atoms with Gasteiger partial charge in [-0.05, 0) is 81.9 Å². The van der Waals surface area contributed by atoms with Gasteiger partial charge < -0.3 is 14.0 Å². The molecule has 1 fully saturated rings. The Labute approximate surface area is 191 Å². The Kier molecular flexibility index (Phi) is 7.48. The predicted molar refractivity (Wildman–Crippen MR) is 131 cm³/mol. The van der Waals surface area contributed by atoms with Gasteiger partial charge in [-0.15, -0.1) is 6.58 Å². The number of hydrogen-bond acceptors (Lipinski definition) is 4. The third-order valence-corrected chi connectivity index (χ3v) is 6.39. The molecular weight excluding hydrogens is 398 g/mol. The van der Waals surface area contributed by atoms with E-state index >= 15 is 0 Å². The normalized spacial score (nSPS) is 15.2. The molecule has 0 N–H and O–H groups in total. The first-order valence-electron chi connectivity index (χ1n) is 11.8. The second kappa shape index (κ2) is 10.7. The van der Waals surface area contributed by atoms with Crippen LogP contribution in [0.1, 0.15) is 50.0 Å². The Balaban J connectivity index is 1.38. The summed E-state index contributed by atoms with van der Waals surface area (Å²) >= 11 is 0. The number of aromatic nitrogens is 2. The van der Waals surface area contributed by atoms with Gasteiger partial charge in [0.25, 0.3) is 0 Å². The molecule has 170 valence electrons. The van der Waals surface area contributed by atoms with Gasteiger partial charge in [-0.1, -0.05) is 24.3 Å². The van der Waals surface area contributed by atoms with Crippen molar-refractivity contribution in [2.45, 2.75) is 51.6 Å². The zero-order chi connectivity index (χ0) is 22.3. The van der Waals surface area contributed by atoms with E-state index in [1.807, 2.05) is 18.2 Å². The van der Waals surface area contributed by atoms with Crippen LogP contribution in [0.2, 0.25) is 0 Å². The standard InChI is InChI=1S/C27H35N3O2/c1-4-11-22-14-15-25(26(20-22)31-3)32-19-10-9-18-30-24-13-6-5-12-23(24)28-27(30)21(2)29-16-7-8-17-29/h4-6,12-15,20-21H,1,7-11,16-19H2,2-3H3. The quantitative estimate of drug-likeness (QED) is 0.283. The van der Waals surface area contributed by atoms with Crippen molar-refractivity contribution in [1.29, 1.82) is 0 Å². The summed E-state index contributed by atoms with van der Waals surface area (Å²) in [7, 11) is 1.69. The molecule has 5 heteroatoms. The van der Waals surface area contributed by atoms with Crippen molar-refractivity contribution >= 4 is 11.0 Å². The number of methoxy groups -OCH3 is 1. The topological polar surface area (TPSA) is 39.5 Å². The van der Waals surface area contributed by atoms with Crippen molar-refractivity contribution in [2.75, 3.05) is 26.8 Å². The molecule has 1 saturated heterocycles. The Morgan fingerprint density at radius 2 is 1.91 bits per heavy atom. The minimum absolute atomic E-state index is 0.347. The molecule has 4 rings (SSSR count). The Morgan fingerprint density at radius 3 is 2.69 bits per heavy atom. The van der Waals surface area contributed by atoms with Crippen molar-refractivity contribution in [3.05, 3.63) is 66.5 Å². The monoisotopic (exact) mass is 433 g/mol. The highest BCUT2D eigenvalue weighted by Crippen LogP contribution is 2.29. The molecule has 3 aromatic rings. The number of imidazole rings is 1. The van der Waals surface area contributed by atoms with Crippen LogP contribution >= 0.6 is 0 Å². The molecule has 0 aliphatic carbocycles. The minimum Gasteiger partial charge on any atom is -0.493 e. The summed E-state index contributed by atoms with van der Waals surface area (Å²) in [6, 6.07) is 14.9. The fraction of sp³-hybridized carbons (Fsp3) is 0.444. The molecule has 0 amide bonds. The molecule has 1 atom stereocenters.